The Bertz CT molecular complexity index is 1020. The number of thioether (sulfide) groups is 1. The summed E-state index contributed by atoms with van der Waals surface area (Å²) in [6.45, 7) is 9.94. The molecule has 0 unspecified atom stereocenters. The predicted octanol–water partition coefficient (Wildman–Crippen LogP) is 4.60. The molecule has 2 aliphatic rings. The van der Waals surface area contributed by atoms with Crippen molar-refractivity contribution < 1.29 is 4.74 Å². The second kappa shape index (κ2) is 9.74. The molecule has 1 aromatic carbocycles. The van der Waals surface area contributed by atoms with E-state index in [0.717, 1.165) is 83.5 Å². The Labute approximate surface area is 197 Å². The first-order chi connectivity index (χ1) is 15.0. The number of halogens is 2. The van der Waals surface area contributed by atoms with Crippen LogP contribution in [0.3, 0.4) is 0 Å². The van der Waals surface area contributed by atoms with E-state index in [1.165, 1.54) is 0 Å². The van der Waals surface area contributed by atoms with Gasteiger partial charge >= 0.3 is 0 Å². The summed E-state index contributed by atoms with van der Waals surface area (Å²) in [6, 6.07) is 6.18. The lowest BCUT2D eigenvalue weighted by Crippen LogP contribution is -2.47. The summed E-state index contributed by atoms with van der Waals surface area (Å²) in [5.74, 6) is 1.78. The fourth-order valence-corrected chi connectivity index (χ4v) is 5.39. The number of hydrogen-bond donors (Lipinski definition) is 1. The van der Waals surface area contributed by atoms with Crippen LogP contribution in [0.4, 0.5) is 11.4 Å². The highest BCUT2D eigenvalue weighted by molar-refractivity contribution is 7.99. The minimum Gasteiger partial charge on any atom is -0.487 e. The van der Waals surface area contributed by atoms with Gasteiger partial charge in [-0.25, -0.2) is 4.98 Å². The quantitative estimate of drug-likeness (QED) is 0.631. The van der Waals surface area contributed by atoms with Crippen LogP contribution in [0.1, 0.15) is 16.8 Å². The van der Waals surface area contributed by atoms with E-state index in [0.29, 0.717) is 17.2 Å². The van der Waals surface area contributed by atoms with Crippen LogP contribution in [0, 0.1) is 25.2 Å². The number of anilines is 2. The van der Waals surface area contributed by atoms with E-state index in [1.807, 2.05) is 26.0 Å². The number of aromatic nitrogens is 1. The zero-order chi connectivity index (χ0) is 22.0. The van der Waals surface area contributed by atoms with Crippen LogP contribution in [0.5, 0.6) is 5.75 Å². The van der Waals surface area contributed by atoms with Crippen molar-refractivity contribution in [3.63, 3.8) is 0 Å². The van der Waals surface area contributed by atoms with Gasteiger partial charge in [-0.05, 0) is 31.5 Å². The number of rotatable bonds is 5. The van der Waals surface area contributed by atoms with Crippen LogP contribution in [-0.4, -0.2) is 61.5 Å². The van der Waals surface area contributed by atoms with Gasteiger partial charge in [0, 0.05) is 50.0 Å². The summed E-state index contributed by atoms with van der Waals surface area (Å²) in [7, 11) is 0. The van der Waals surface area contributed by atoms with Crippen molar-refractivity contribution in [1.82, 2.24) is 9.88 Å². The third-order valence-electron chi connectivity index (χ3n) is 5.67. The maximum absolute atomic E-state index is 9.50. The first kappa shape index (κ1) is 22.3. The van der Waals surface area contributed by atoms with Crippen molar-refractivity contribution in [1.29, 1.82) is 5.26 Å². The largest absolute Gasteiger partial charge is 0.487 e. The van der Waals surface area contributed by atoms with E-state index in [9.17, 15) is 5.26 Å². The zero-order valence-corrected chi connectivity index (χ0v) is 20.0. The Morgan fingerprint density at radius 3 is 2.74 bits per heavy atom. The summed E-state index contributed by atoms with van der Waals surface area (Å²) < 4.78 is 5.93. The monoisotopic (exact) mass is 477 g/mol. The number of aryl methyl sites for hydroxylation is 1. The van der Waals surface area contributed by atoms with Crippen molar-refractivity contribution in [2.45, 2.75) is 18.9 Å². The molecule has 9 heteroatoms. The van der Waals surface area contributed by atoms with Gasteiger partial charge in [0.1, 0.15) is 17.7 Å². The van der Waals surface area contributed by atoms with Crippen molar-refractivity contribution >= 4 is 46.3 Å². The number of pyridine rings is 1. The van der Waals surface area contributed by atoms with E-state index in [1.54, 1.807) is 11.8 Å². The molecule has 1 fully saturated rings. The summed E-state index contributed by atoms with van der Waals surface area (Å²) in [5.41, 5.74) is 4.22. The number of hydrogen-bond acceptors (Lipinski definition) is 7. The SMILES string of the molecule is Cc1nc(SCCN2CCN(c3cc(Cl)cc4c3OCCN4)CC2)c(C#N)c(C)c1Cl. The fraction of sp³-hybridized carbons (Fsp3) is 0.455. The maximum Gasteiger partial charge on any atom is 0.165 e. The second-order valence-electron chi connectivity index (χ2n) is 7.68. The molecule has 6 nitrogen and oxygen atoms in total. The molecule has 0 saturated carbocycles. The topological polar surface area (TPSA) is 64.4 Å². The Morgan fingerprint density at radius 1 is 1.23 bits per heavy atom. The molecule has 2 aromatic rings. The van der Waals surface area contributed by atoms with Crippen LogP contribution in [0.2, 0.25) is 10.0 Å². The Hall–Kier alpha value is -1.85. The number of nitrogens with zero attached hydrogens (tertiary/aromatic N) is 4. The number of fused-ring (bicyclic) bond motifs is 1. The number of nitriles is 1. The number of nitrogens with one attached hydrogen (secondary N) is 1. The lowest BCUT2D eigenvalue weighted by atomic mass is 10.1. The Balaban J connectivity index is 1.34. The first-order valence-electron chi connectivity index (χ1n) is 10.3. The van der Waals surface area contributed by atoms with E-state index in [-0.39, 0.29) is 0 Å². The summed E-state index contributed by atoms with van der Waals surface area (Å²) in [5, 5.41) is 14.9. The Kier molecular flexibility index (Phi) is 7.02. The first-order valence-corrected chi connectivity index (χ1v) is 12.1. The normalized spacial score (nSPS) is 16.3. The Morgan fingerprint density at radius 2 is 2.00 bits per heavy atom. The van der Waals surface area contributed by atoms with Gasteiger partial charge in [0.05, 0.1) is 27.7 Å². The van der Waals surface area contributed by atoms with Crippen molar-refractivity contribution in [3.8, 4) is 11.8 Å². The lowest BCUT2D eigenvalue weighted by molar-refractivity contribution is 0.270. The molecule has 164 valence electrons. The van der Waals surface area contributed by atoms with Crippen LogP contribution in [0.25, 0.3) is 0 Å². The zero-order valence-electron chi connectivity index (χ0n) is 17.7. The minimum atomic E-state index is 0.583. The molecular formula is C22H25Cl2N5OS. The third-order valence-corrected chi connectivity index (χ3v) is 7.40. The molecule has 2 aliphatic heterocycles. The molecule has 1 saturated heterocycles. The average Bonchev–Trinajstić information content (AvgIpc) is 2.77. The van der Waals surface area contributed by atoms with Gasteiger partial charge < -0.3 is 15.0 Å². The molecule has 0 radical (unpaired) electrons. The van der Waals surface area contributed by atoms with Crippen molar-refractivity contribution in [3.05, 3.63) is 39.0 Å². The molecule has 0 aliphatic carbocycles. The number of ether oxygens (including phenoxy) is 1. The third kappa shape index (κ3) is 4.83. The minimum absolute atomic E-state index is 0.583. The van der Waals surface area contributed by atoms with Gasteiger partial charge in [-0.1, -0.05) is 23.2 Å². The van der Waals surface area contributed by atoms with E-state index >= 15 is 0 Å². The highest BCUT2D eigenvalue weighted by Gasteiger charge is 2.24. The van der Waals surface area contributed by atoms with Gasteiger partial charge in [0.2, 0.25) is 0 Å². The van der Waals surface area contributed by atoms with Crippen molar-refractivity contribution in [2.24, 2.45) is 0 Å². The molecular weight excluding hydrogens is 453 g/mol. The van der Waals surface area contributed by atoms with Crippen LogP contribution in [-0.2, 0) is 0 Å². The van der Waals surface area contributed by atoms with Crippen molar-refractivity contribution in [2.75, 3.05) is 61.8 Å². The number of piperazine rings is 1. The standard InChI is InChI=1S/C22H25Cl2N5OS/c1-14-17(13-25)22(27-15(2)20(14)24)31-10-8-28-4-6-29(7-5-28)19-12-16(23)11-18-21(19)30-9-3-26-18/h11-12,26H,3-10H2,1-2H3. The van der Waals surface area contributed by atoms with E-state index in [2.05, 4.69) is 26.2 Å². The molecule has 1 N–H and O–H groups in total. The number of benzene rings is 1. The fourth-order valence-electron chi connectivity index (χ4n) is 3.95. The molecule has 1 aromatic heterocycles. The van der Waals surface area contributed by atoms with Gasteiger partial charge in [0.25, 0.3) is 0 Å². The van der Waals surface area contributed by atoms with Crippen LogP contribution >= 0.6 is 35.0 Å². The highest BCUT2D eigenvalue weighted by Crippen LogP contribution is 2.41. The molecule has 0 amide bonds. The lowest BCUT2D eigenvalue weighted by Gasteiger charge is -2.37. The summed E-state index contributed by atoms with van der Waals surface area (Å²) in [4.78, 5) is 9.33. The van der Waals surface area contributed by atoms with Gasteiger partial charge in [-0.3, -0.25) is 4.90 Å². The predicted molar refractivity (Wildman–Crippen MR) is 128 cm³/mol. The molecule has 0 atom stereocenters. The van der Waals surface area contributed by atoms with Crippen LogP contribution < -0.4 is 15.0 Å². The van der Waals surface area contributed by atoms with E-state index in [4.69, 9.17) is 27.9 Å². The smallest absolute Gasteiger partial charge is 0.165 e. The van der Waals surface area contributed by atoms with Gasteiger partial charge in [-0.2, -0.15) is 5.26 Å². The molecule has 31 heavy (non-hydrogen) atoms. The molecule has 0 bridgehead atoms. The maximum atomic E-state index is 9.50. The summed E-state index contributed by atoms with van der Waals surface area (Å²) >= 11 is 14.2. The van der Waals surface area contributed by atoms with Gasteiger partial charge in [0.15, 0.2) is 5.75 Å². The summed E-state index contributed by atoms with van der Waals surface area (Å²) in [6.07, 6.45) is 0. The van der Waals surface area contributed by atoms with Gasteiger partial charge in [-0.15, -0.1) is 11.8 Å². The van der Waals surface area contributed by atoms with E-state index < -0.39 is 0 Å². The molecule has 0 spiro atoms. The molecule has 4 rings (SSSR count). The highest BCUT2D eigenvalue weighted by atomic mass is 35.5. The van der Waals surface area contributed by atoms with Crippen LogP contribution in [0.15, 0.2) is 17.2 Å². The average molecular weight is 478 g/mol. The second-order valence-corrected chi connectivity index (χ2v) is 9.58. The molecule has 3 heterocycles.